The highest BCUT2D eigenvalue weighted by atomic mass is 35.5. The van der Waals surface area contributed by atoms with E-state index in [1.807, 2.05) is 0 Å². The van der Waals surface area contributed by atoms with Crippen molar-refractivity contribution in [3.05, 3.63) is 81.9 Å². The Morgan fingerprint density at radius 2 is 1.81 bits per heavy atom. The van der Waals surface area contributed by atoms with E-state index < -0.39 is 29.7 Å². The zero-order valence-electron chi connectivity index (χ0n) is 17.0. The Bertz CT molecular complexity index is 1170. The molecule has 3 aromatic rings. The summed E-state index contributed by atoms with van der Waals surface area (Å²) in [6, 6.07) is 12.1. The third kappa shape index (κ3) is 4.00. The second kappa shape index (κ2) is 8.26. The largest absolute Gasteiger partial charge is 0.431 e. The molecule has 1 aromatic heterocycles. The standard InChI is InChI=1S/C23H19ClF4N2O2/c1-13-19(15-7-8-18(25)17(24)9-15)20(22(32)29-11-16(31)12-29)30(21(13)23(26,27)28)10-14-5-3-2-4-6-14/h2-9,16,31H,10-12H2,1H3. The van der Waals surface area contributed by atoms with Crippen molar-refractivity contribution < 1.29 is 27.5 Å². The summed E-state index contributed by atoms with van der Waals surface area (Å²) in [7, 11) is 0. The number of hydrogen-bond acceptors (Lipinski definition) is 2. The van der Waals surface area contributed by atoms with Gasteiger partial charge in [-0.25, -0.2) is 4.39 Å². The lowest BCUT2D eigenvalue weighted by Crippen LogP contribution is -2.54. The fourth-order valence-electron chi connectivity index (χ4n) is 4.03. The van der Waals surface area contributed by atoms with Crippen molar-refractivity contribution in [2.24, 2.45) is 0 Å². The number of alkyl halides is 3. The molecule has 1 amide bonds. The Hall–Kier alpha value is -2.84. The molecular weight excluding hydrogens is 448 g/mol. The van der Waals surface area contributed by atoms with E-state index in [1.165, 1.54) is 24.0 Å². The van der Waals surface area contributed by atoms with Crippen molar-refractivity contribution in [1.29, 1.82) is 0 Å². The minimum atomic E-state index is -4.75. The van der Waals surface area contributed by atoms with E-state index in [4.69, 9.17) is 11.6 Å². The number of aliphatic hydroxyl groups is 1. The van der Waals surface area contributed by atoms with E-state index in [2.05, 4.69) is 0 Å². The average molecular weight is 467 g/mol. The fraction of sp³-hybridized carbons (Fsp3) is 0.261. The molecule has 1 N–H and O–H groups in total. The van der Waals surface area contributed by atoms with Crippen LogP contribution in [0.25, 0.3) is 11.1 Å². The predicted octanol–water partition coefficient (Wildman–Crippen LogP) is 5.14. The summed E-state index contributed by atoms with van der Waals surface area (Å²) in [5.41, 5.74) is -0.457. The van der Waals surface area contributed by atoms with Gasteiger partial charge in [0.15, 0.2) is 0 Å². The van der Waals surface area contributed by atoms with Crippen molar-refractivity contribution in [3.63, 3.8) is 0 Å². The molecule has 2 aromatic carbocycles. The summed E-state index contributed by atoms with van der Waals surface area (Å²) in [4.78, 5) is 14.6. The van der Waals surface area contributed by atoms with Crippen molar-refractivity contribution in [3.8, 4) is 11.1 Å². The van der Waals surface area contributed by atoms with Crippen LogP contribution in [0.1, 0.15) is 27.3 Å². The van der Waals surface area contributed by atoms with E-state index >= 15 is 0 Å². The molecule has 2 heterocycles. The molecule has 0 atom stereocenters. The normalized spacial score (nSPS) is 14.5. The Morgan fingerprint density at radius 3 is 2.38 bits per heavy atom. The van der Waals surface area contributed by atoms with Crippen LogP contribution in [0.4, 0.5) is 17.6 Å². The summed E-state index contributed by atoms with van der Waals surface area (Å²) < 4.78 is 57.4. The van der Waals surface area contributed by atoms with Crippen LogP contribution >= 0.6 is 11.6 Å². The maximum Gasteiger partial charge on any atom is 0.431 e. The van der Waals surface area contributed by atoms with Crippen LogP contribution in [-0.4, -0.2) is 39.7 Å². The van der Waals surface area contributed by atoms with Crippen LogP contribution in [0, 0.1) is 12.7 Å². The summed E-state index contributed by atoms with van der Waals surface area (Å²) in [6.45, 7) is 1.15. The quantitative estimate of drug-likeness (QED) is 0.541. The lowest BCUT2D eigenvalue weighted by atomic mass is 9.99. The van der Waals surface area contributed by atoms with Crippen LogP contribution in [0.5, 0.6) is 0 Å². The van der Waals surface area contributed by atoms with Gasteiger partial charge in [0, 0.05) is 25.2 Å². The van der Waals surface area contributed by atoms with Gasteiger partial charge in [-0.05, 0) is 35.7 Å². The van der Waals surface area contributed by atoms with Crippen molar-refractivity contribution >= 4 is 17.5 Å². The second-order valence-electron chi connectivity index (χ2n) is 7.76. The van der Waals surface area contributed by atoms with Gasteiger partial charge in [-0.2, -0.15) is 13.2 Å². The van der Waals surface area contributed by atoms with Gasteiger partial charge in [-0.1, -0.05) is 48.0 Å². The average Bonchev–Trinajstić information content (AvgIpc) is 3.00. The molecule has 1 fully saturated rings. The molecule has 9 heteroatoms. The van der Waals surface area contributed by atoms with Crippen LogP contribution in [-0.2, 0) is 12.7 Å². The Morgan fingerprint density at radius 1 is 1.16 bits per heavy atom. The predicted molar refractivity (Wildman–Crippen MR) is 112 cm³/mol. The number of carbonyl (C=O) groups is 1. The third-order valence-corrected chi connectivity index (χ3v) is 5.81. The van der Waals surface area contributed by atoms with Gasteiger partial charge < -0.3 is 14.6 Å². The summed E-state index contributed by atoms with van der Waals surface area (Å²) in [5, 5.41) is 9.36. The van der Waals surface area contributed by atoms with Crippen molar-refractivity contribution in [2.75, 3.05) is 13.1 Å². The monoisotopic (exact) mass is 466 g/mol. The molecule has 168 valence electrons. The number of aromatic nitrogens is 1. The maximum atomic E-state index is 14.2. The number of halogens is 5. The molecule has 0 aliphatic carbocycles. The second-order valence-corrected chi connectivity index (χ2v) is 8.17. The fourth-order valence-corrected chi connectivity index (χ4v) is 4.21. The lowest BCUT2D eigenvalue weighted by molar-refractivity contribution is -0.143. The molecule has 0 bridgehead atoms. The number of amides is 1. The summed E-state index contributed by atoms with van der Waals surface area (Å²) >= 11 is 5.90. The minimum Gasteiger partial charge on any atom is -0.389 e. The smallest absolute Gasteiger partial charge is 0.389 e. The number of benzene rings is 2. The van der Waals surface area contributed by atoms with Crippen LogP contribution in [0.3, 0.4) is 0 Å². The number of aliphatic hydroxyl groups excluding tert-OH is 1. The topological polar surface area (TPSA) is 45.5 Å². The van der Waals surface area contributed by atoms with E-state index in [1.54, 1.807) is 30.3 Å². The zero-order chi connectivity index (χ0) is 23.2. The highest BCUT2D eigenvalue weighted by molar-refractivity contribution is 6.31. The molecule has 1 aliphatic heterocycles. The first-order valence-corrected chi connectivity index (χ1v) is 10.2. The molecule has 0 radical (unpaired) electrons. The summed E-state index contributed by atoms with van der Waals surface area (Å²) in [6.07, 6.45) is -5.46. The minimum absolute atomic E-state index is 0.0271. The van der Waals surface area contributed by atoms with Crippen LogP contribution in [0.2, 0.25) is 5.02 Å². The van der Waals surface area contributed by atoms with Gasteiger partial charge in [0.1, 0.15) is 17.2 Å². The Labute approximate surface area is 186 Å². The van der Waals surface area contributed by atoms with Gasteiger partial charge in [-0.15, -0.1) is 0 Å². The Balaban J connectivity index is 1.99. The van der Waals surface area contributed by atoms with E-state index in [-0.39, 0.29) is 47.0 Å². The molecule has 4 nitrogen and oxygen atoms in total. The number of carbonyl (C=O) groups excluding carboxylic acids is 1. The van der Waals surface area contributed by atoms with Gasteiger partial charge in [0.25, 0.3) is 5.91 Å². The molecule has 0 spiro atoms. The first kappa shape index (κ1) is 22.4. The highest BCUT2D eigenvalue weighted by Gasteiger charge is 2.43. The lowest BCUT2D eigenvalue weighted by Gasteiger charge is -2.36. The summed E-state index contributed by atoms with van der Waals surface area (Å²) in [5.74, 6) is -1.35. The molecule has 0 unspecified atom stereocenters. The zero-order valence-corrected chi connectivity index (χ0v) is 17.7. The SMILES string of the molecule is Cc1c(-c2ccc(F)c(Cl)c2)c(C(=O)N2CC(O)C2)n(Cc2ccccc2)c1C(F)(F)F. The van der Waals surface area contributed by atoms with Gasteiger partial charge >= 0.3 is 6.18 Å². The van der Waals surface area contributed by atoms with E-state index in [0.29, 0.717) is 5.56 Å². The molecule has 0 saturated carbocycles. The molecule has 1 aliphatic rings. The first-order chi connectivity index (χ1) is 15.1. The number of hydrogen-bond donors (Lipinski definition) is 1. The van der Waals surface area contributed by atoms with Gasteiger partial charge in [0.2, 0.25) is 0 Å². The number of rotatable bonds is 4. The van der Waals surface area contributed by atoms with Gasteiger partial charge in [-0.3, -0.25) is 4.79 Å². The van der Waals surface area contributed by atoms with Crippen LogP contribution < -0.4 is 0 Å². The molecule has 32 heavy (non-hydrogen) atoms. The maximum absolute atomic E-state index is 14.2. The number of nitrogens with zero attached hydrogens (tertiary/aromatic N) is 2. The molecule has 4 rings (SSSR count). The van der Waals surface area contributed by atoms with E-state index in [9.17, 15) is 27.5 Å². The van der Waals surface area contributed by atoms with Crippen molar-refractivity contribution in [1.82, 2.24) is 9.47 Å². The molecular formula is C23H19ClF4N2O2. The van der Waals surface area contributed by atoms with Gasteiger partial charge in [0.05, 0.1) is 11.1 Å². The number of likely N-dealkylation sites (tertiary alicyclic amines) is 1. The van der Waals surface area contributed by atoms with Crippen LogP contribution in [0.15, 0.2) is 48.5 Å². The highest BCUT2D eigenvalue weighted by Crippen LogP contribution is 2.42. The third-order valence-electron chi connectivity index (χ3n) is 5.52. The van der Waals surface area contributed by atoms with E-state index in [0.717, 1.165) is 10.6 Å². The molecule has 1 saturated heterocycles. The first-order valence-electron chi connectivity index (χ1n) is 9.85. The van der Waals surface area contributed by atoms with Crippen molar-refractivity contribution in [2.45, 2.75) is 25.7 Å². The Kier molecular flexibility index (Phi) is 5.77. The number of β-amino-alcohol motifs (C(OH)–C–C–N with tert-alkyl or cyclic N) is 1.